The summed E-state index contributed by atoms with van der Waals surface area (Å²) in [5.74, 6) is -1.15. The number of rotatable bonds is 5. The van der Waals surface area contributed by atoms with Crippen molar-refractivity contribution in [2.75, 3.05) is 24.6 Å². The first-order chi connectivity index (χ1) is 8.04. The first-order valence-corrected chi connectivity index (χ1v) is 5.12. The van der Waals surface area contributed by atoms with Crippen LogP contribution in [0.15, 0.2) is 18.2 Å². The SMILES string of the molecule is CNC(=O)CCNc1cc(N)ccc1C(=O)O. The highest BCUT2D eigenvalue weighted by Gasteiger charge is 2.10. The van der Waals surface area contributed by atoms with E-state index in [1.807, 2.05) is 0 Å². The Kier molecular flexibility index (Phi) is 4.33. The van der Waals surface area contributed by atoms with Crippen LogP contribution in [0.1, 0.15) is 16.8 Å². The van der Waals surface area contributed by atoms with Gasteiger partial charge in [0.2, 0.25) is 5.91 Å². The summed E-state index contributed by atoms with van der Waals surface area (Å²) in [4.78, 5) is 21.9. The summed E-state index contributed by atoms with van der Waals surface area (Å²) in [6.07, 6.45) is 0.268. The van der Waals surface area contributed by atoms with Crippen LogP contribution in [-0.4, -0.2) is 30.6 Å². The number of hydrogen-bond donors (Lipinski definition) is 4. The van der Waals surface area contributed by atoms with Crippen LogP contribution in [0.25, 0.3) is 0 Å². The van der Waals surface area contributed by atoms with Gasteiger partial charge in [-0.1, -0.05) is 0 Å². The maximum Gasteiger partial charge on any atom is 0.337 e. The zero-order valence-corrected chi connectivity index (χ0v) is 9.49. The molecule has 0 aliphatic rings. The van der Waals surface area contributed by atoms with E-state index in [1.165, 1.54) is 18.2 Å². The summed E-state index contributed by atoms with van der Waals surface area (Å²) in [7, 11) is 1.55. The Morgan fingerprint density at radius 3 is 2.71 bits per heavy atom. The number of amides is 1. The van der Waals surface area contributed by atoms with Gasteiger partial charge in [0.05, 0.1) is 11.3 Å². The van der Waals surface area contributed by atoms with Crippen LogP contribution in [0.4, 0.5) is 11.4 Å². The average molecular weight is 237 g/mol. The summed E-state index contributed by atoms with van der Waals surface area (Å²) in [5, 5.41) is 14.3. The number of carboxylic acid groups (broad SMARTS) is 1. The molecule has 6 heteroatoms. The molecule has 0 aromatic heterocycles. The molecule has 0 fully saturated rings. The van der Waals surface area contributed by atoms with Gasteiger partial charge in [-0.05, 0) is 18.2 Å². The fourth-order valence-electron chi connectivity index (χ4n) is 1.33. The van der Waals surface area contributed by atoms with Crippen molar-refractivity contribution in [3.63, 3.8) is 0 Å². The van der Waals surface area contributed by atoms with Crippen molar-refractivity contribution in [1.29, 1.82) is 0 Å². The van der Waals surface area contributed by atoms with Gasteiger partial charge in [-0.15, -0.1) is 0 Å². The molecule has 0 saturated carbocycles. The van der Waals surface area contributed by atoms with Crippen molar-refractivity contribution >= 4 is 23.3 Å². The van der Waals surface area contributed by atoms with E-state index in [9.17, 15) is 9.59 Å². The molecule has 17 heavy (non-hydrogen) atoms. The van der Waals surface area contributed by atoms with E-state index >= 15 is 0 Å². The molecule has 6 nitrogen and oxygen atoms in total. The largest absolute Gasteiger partial charge is 0.478 e. The second-order valence-electron chi connectivity index (χ2n) is 3.46. The lowest BCUT2D eigenvalue weighted by Crippen LogP contribution is -2.21. The standard InChI is InChI=1S/C11H15N3O3/c1-13-10(15)4-5-14-9-6-7(12)2-3-8(9)11(16)17/h2-3,6,14H,4-5,12H2,1H3,(H,13,15)(H,16,17). The maximum atomic E-state index is 11.0. The highest BCUT2D eigenvalue weighted by Crippen LogP contribution is 2.19. The molecule has 1 aromatic carbocycles. The Morgan fingerprint density at radius 2 is 2.12 bits per heavy atom. The van der Waals surface area contributed by atoms with Gasteiger partial charge < -0.3 is 21.5 Å². The Hall–Kier alpha value is -2.24. The number of nitrogens with one attached hydrogen (secondary N) is 2. The molecule has 5 N–H and O–H groups in total. The molecule has 0 heterocycles. The fourth-order valence-corrected chi connectivity index (χ4v) is 1.33. The predicted octanol–water partition coefficient (Wildman–Crippen LogP) is 0.515. The van der Waals surface area contributed by atoms with Gasteiger partial charge in [0.25, 0.3) is 0 Å². The highest BCUT2D eigenvalue weighted by molar-refractivity contribution is 5.95. The smallest absolute Gasteiger partial charge is 0.337 e. The van der Waals surface area contributed by atoms with Crippen LogP contribution >= 0.6 is 0 Å². The minimum atomic E-state index is -1.03. The molecule has 0 aliphatic heterocycles. The first kappa shape index (κ1) is 12.8. The van der Waals surface area contributed by atoms with Crippen LogP contribution in [-0.2, 0) is 4.79 Å². The van der Waals surface area contributed by atoms with Gasteiger partial charge in [-0.25, -0.2) is 4.79 Å². The van der Waals surface area contributed by atoms with Crippen molar-refractivity contribution in [2.24, 2.45) is 0 Å². The van der Waals surface area contributed by atoms with Gasteiger partial charge in [0.15, 0.2) is 0 Å². The van der Waals surface area contributed by atoms with E-state index in [0.717, 1.165) is 0 Å². The fraction of sp³-hybridized carbons (Fsp3) is 0.273. The topological polar surface area (TPSA) is 104 Å². The second-order valence-corrected chi connectivity index (χ2v) is 3.46. The molecule has 0 radical (unpaired) electrons. The molecule has 1 rings (SSSR count). The van der Waals surface area contributed by atoms with E-state index in [2.05, 4.69) is 10.6 Å². The number of anilines is 2. The number of nitrogen functional groups attached to an aromatic ring is 1. The van der Waals surface area contributed by atoms with Crippen LogP contribution in [0.5, 0.6) is 0 Å². The van der Waals surface area contributed by atoms with E-state index < -0.39 is 5.97 Å². The van der Waals surface area contributed by atoms with Crippen molar-refractivity contribution in [3.8, 4) is 0 Å². The molecule has 1 aromatic rings. The number of nitrogens with two attached hydrogens (primary N) is 1. The molecule has 0 atom stereocenters. The van der Waals surface area contributed by atoms with Crippen LogP contribution in [0, 0.1) is 0 Å². The van der Waals surface area contributed by atoms with Gasteiger partial charge in [0, 0.05) is 25.7 Å². The molecule has 0 spiro atoms. The molecular formula is C11H15N3O3. The Bertz CT molecular complexity index is 432. The lowest BCUT2D eigenvalue weighted by molar-refractivity contribution is -0.120. The summed E-state index contributed by atoms with van der Waals surface area (Å²) in [5.41, 5.74) is 6.60. The van der Waals surface area contributed by atoms with Crippen LogP contribution in [0.3, 0.4) is 0 Å². The van der Waals surface area contributed by atoms with Crippen molar-refractivity contribution in [1.82, 2.24) is 5.32 Å². The quantitative estimate of drug-likeness (QED) is 0.559. The predicted molar refractivity (Wildman–Crippen MR) is 65.0 cm³/mol. The Labute approximate surface area is 98.8 Å². The summed E-state index contributed by atoms with van der Waals surface area (Å²) < 4.78 is 0. The lowest BCUT2D eigenvalue weighted by Gasteiger charge is -2.09. The maximum absolute atomic E-state index is 11.0. The summed E-state index contributed by atoms with van der Waals surface area (Å²) in [6.45, 7) is 0.351. The lowest BCUT2D eigenvalue weighted by atomic mass is 10.1. The molecular weight excluding hydrogens is 222 g/mol. The Balaban J connectivity index is 2.72. The number of hydrogen-bond acceptors (Lipinski definition) is 4. The second kappa shape index (κ2) is 5.74. The van der Waals surface area contributed by atoms with Crippen LogP contribution < -0.4 is 16.4 Å². The third-order valence-electron chi connectivity index (χ3n) is 2.22. The first-order valence-electron chi connectivity index (χ1n) is 5.12. The normalized spacial score (nSPS) is 9.71. The molecule has 1 amide bonds. The van der Waals surface area contributed by atoms with Gasteiger partial charge in [0.1, 0.15) is 0 Å². The third-order valence-corrected chi connectivity index (χ3v) is 2.22. The van der Waals surface area contributed by atoms with E-state index in [1.54, 1.807) is 7.05 Å². The minimum Gasteiger partial charge on any atom is -0.478 e. The number of carboxylic acids is 1. The number of aromatic carboxylic acids is 1. The number of carbonyl (C=O) groups excluding carboxylic acids is 1. The third kappa shape index (κ3) is 3.67. The van der Waals surface area contributed by atoms with Crippen molar-refractivity contribution in [2.45, 2.75) is 6.42 Å². The average Bonchev–Trinajstić information content (AvgIpc) is 2.28. The monoisotopic (exact) mass is 237 g/mol. The molecule has 0 aliphatic carbocycles. The minimum absolute atomic E-state index is 0.113. The molecule has 0 saturated heterocycles. The number of carbonyl (C=O) groups is 2. The zero-order chi connectivity index (χ0) is 12.8. The zero-order valence-electron chi connectivity index (χ0n) is 9.49. The van der Waals surface area contributed by atoms with Gasteiger partial charge >= 0.3 is 5.97 Å². The van der Waals surface area contributed by atoms with Crippen molar-refractivity contribution in [3.05, 3.63) is 23.8 Å². The van der Waals surface area contributed by atoms with Gasteiger partial charge in [-0.2, -0.15) is 0 Å². The Morgan fingerprint density at radius 1 is 1.41 bits per heavy atom. The molecule has 0 bridgehead atoms. The van der Waals surface area contributed by atoms with Gasteiger partial charge in [-0.3, -0.25) is 4.79 Å². The van der Waals surface area contributed by atoms with Crippen molar-refractivity contribution < 1.29 is 14.7 Å². The van der Waals surface area contributed by atoms with E-state index in [0.29, 0.717) is 17.9 Å². The highest BCUT2D eigenvalue weighted by atomic mass is 16.4. The van der Waals surface area contributed by atoms with Crippen LogP contribution in [0.2, 0.25) is 0 Å². The summed E-state index contributed by atoms with van der Waals surface area (Å²) in [6, 6.07) is 4.49. The molecule has 0 unspecified atom stereocenters. The van der Waals surface area contributed by atoms with E-state index in [4.69, 9.17) is 10.8 Å². The molecule has 92 valence electrons. The van der Waals surface area contributed by atoms with E-state index in [-0.39, 0.29) is 17.9 Å². The number of benzene rings is 1. The summed E-state index contributed by atoms with van der Waals surface area (Å²) >= 11 is 0.